The number of H-pyrrole nitrogens is 1. The fourth-order valence-electron chi connectivity index (χ4n) is 3.72. The first-order valence-electron chi connectivity index (χ1n) is 11.3. The van der Waals surface area contributed by atoms with Crippen LogP contribution in [-0.4, -0.2) is 47.9 Å². The highest BCUT2D eigenvalue weighted by atomic mass is 16.5. The average molecular weight is 477 g/mol. The number of esters is 2. The number of hydrogen-bond acceptors (Lipinski definition) is 6. The maximum absolute atomic E-state index is 12.9. The number of aromatic nitrogens is 1. The van der Waals surface area contributed by atoms with Crippen LogP contribution in [0.2, 0.25) is 0 Å². The van der Waals surface area contributed by atoms with Gasteiger partial charge in [0.2, 0.25) is 5.78 Å². The first-order valence-corrected chi connectivity index (χ1v) is 11.3. The van der Waals surface area contributed by atoms with E-state index in [0.717, 1.165) is 5.56 Å². The molecule has 0 radical (unpaired) electrons. The largest absolute Gasteiger partial charge is 0.462 e. The monoisotopic (exact) mass is 476 g/mol. The summed E-state index contributed by atoms with van der Waals surface area (Å²) in [5.41, 5.74) is 2.61. The number of Topliss-reactive ketones (excluding diaryl/α,β-unsaturated/α-hetero) is 1. The Morgan fingerprint density at radius 2 is 1.54 bits per heavy atom. The van der Waals surface area contributed by atoms with Gasteiger partial charge in [-0.2, -0.15) is 0 Å². The summed E-state index contributed by atoms with van der Waals surface area (Å²) < 4.78 is 10.3. The molecule has 0 aliphatic carbocycles. The summed E-state index contributed by atoms with van der Waals surface area (Å²) in [5.74, 6) is -2.19. The number of ketones is 1. The van der Waals surface area contributed by atoms with Gasteiger partial charge in [-0.05, 0) is 44.0 Å². The van der Waals surface area contributed by atoms with Crippen LogP contribution in [0.5, 0.6) is 0 Å². The standard InChI is InChI=1S/C27H28N2O6/c1-4-34-27(33)23-17(2)24(28-18(23)3)22(30)16-35-26(32)21(15-19-11-7-5-8-12-19)29-25(31)20-13-9-6-10-14-20/h5-14,21,28H,4,15-16H2,1-3H3,(H,29,31)/t21-/m1/s1. The predicted molar refractivity (Wildman–Crippen MR) is 129 cm³/mol. The summed E-state index contributed by atoms with van der Waals surface area (Å²) in [5, 5.41) is 2.70. The van der Waals surface area contributed by atoms with Gasteiger partial charge < -0.3 is 19.8 Å². The van der Waals surface area contributed by atoms with Crippen molar-refractivity contribution in [3.05, 3.63) is 94.3 Å². The summed E-state index contributed by atoms with van der Waals surface area (Å²) in [6.45, 7) is 4.65. The molecule has 0 saturated carbocycles. The van der Waals surface area contributed by atoms with Crippen molar-refractivity contribution in [1.29, 1.82) is 0 Å². The SMILES string of the molecule is CCOC(=O)c1c(C)[nH]c(C(=O)COC(=O)[C@@H](Cc2ccccc2)NC(=O)c2ccccc2)c1C. The van der Waals surface area contributed by atoms with E-state index in [1.165, 1.54) is 0 Å². The Balaban J connectivity index is 1.72. The molecule has 35 heavy (non-hydrogen) atoms. The van der Waals surface area contributed by atoms with Gasteiger partial charge >= 0.3 is 11.9 Å². The summed E-state index contributed by atoms with van der Waals surface area (Å²) >= 11 is 0. The fraction of sp³-hybridized carbons (Fsp3) is 0.259. The molecular formula is C27H28N2O6. The van der Waals surface area contributed by atoms with Gasteiger partial charge in [0.15, 0.2) is 6.61 Å². The van der Waals surface area contributed by atoms with Gasteiger partial charge in [0.1, 0.15) is 6.04 Å². The number of carbonyl (C=O) groups excluding carboxylic acids is 4. The van der Waals surface area contributed by atoms with Crippen molar-refractivity contribution in [2.45, 2.75) is 33.2 Å². The Hall–Kier alpha value is -4.20. The number of rotatable bonds is 10. The quantitative estimate of drug-likeness (QED) is 0.342. The van der Waals surface area contributed by atoms with E-state index in [9.17, 15) is 19.2 Å². The third kappa shape index (κ3) is 6.44. The van der Waals surface area contributed by atoms with Crippen molar-refractivity contribution in [1.82, 2.24) is 10.3 Å². The van der Waals surface area contributed by atoms with Crippen molar-refractivity contribution in [3.63, 3.8) is 0 Å². The molecule has 1 aromatic heterocycles. The molecule has 1 atom stereocenters. The van der Waals surface area contributed by atoms with Gasteiger partial charge in [-0.1, -0.05) is 48.5 Å². The first-order chi connectivity index (χ1) is 16.8. The summed E-state index contributed by atoms with van der Waals surface area (Å²) in [7, 11) is 0. The van der Waals surface area contributed by atoms with Crippen LogP contribution >= 0.6 is 0 Å². The van der Waals surface area contributed by atoms with Gasteiger partial charge in [-0.3, -0.25) is 9.59 Å². The molecule has 0 aliphatic heterocycles. The number of ether oxygens (including phenoxy) is 2. The minimum Gasteiger partial charge on any atom is -0.462 e. The lowest BCUT2D eigenvalue weighted by Crippen LogP contribution is -2.43. The van der Waals surface area contributed by atoms with Crippen molar-refractivity contribution < 1.29 is 28.7 Å². The van der Waals surface area contributed by atoms with Crippen molar-refractivity contribution in [3.8, 4) is 0 Å². The van der Waals surface area contributed by atoms with Crippen LogP contribution in [-0.2, 0) is 20.7 Å². The topological polar surface area (TPSA) is 115 Å². The van der Waals surface area contributed by atoms with Crippen LogP contribution in [0.25, 0.3) is 0 Å². The minimum absolute atomic E-state index is 0.172. The lowest BCUT2D eigenvalue weighted by Gasteiger charge is -2.18. The molecule has 0 unspecified atom stereocenters. The maximum atomic E-state index is 12.9. The zero-order chi connectivity index (χ0) is 25.4. The Kier molecular flexibility index (Phi) is 8.56. The molecule has 2 aromatic carbocycles. The molecule has 1 heterocycles. The summed E-state index contributed by atoms with van der Waals surface area (Å²) in [6.07, 6.45) is 0.195. The number of benzene rings is 2. The van der Waals surface area contributed by atoms with E-state index < -0.39 is 36.3 Å². The number of nitrogens with one attached hydrogen (secondary N) is 2. The molecule has 182 valence electrons. The molecular weight excluding hydrogens is 448 g/mol. The van der Waals surface area contributed by atoms with E-state index in [1.54, 1.807) is 51.1 Å². The Morgan fingerprint density at radius 1 is 0.914 bits per heavy atom. The number of aromatic amines is 1. The van der Waals surface area contributed by atoms with Crippen LogP contribution in [0.4, 0.5) is 0 Å². The van der Waals surface area contributed by atoms with Crippen molar-refractivity contribution in [2.24, 2.45) is 0 Å². The Morgan fingerprint density at radius 3 is 2.17 bits per heavy atom. The van der Waals surface area contributed by atoms with Crippen LogP contribution in [0, 0.1) is 13.8 Å². The molecule has 8 nitrogen and oxygen atoms in total. The van der Waals surface area contributed by atoms with Gasteiger partial charge in [0.25, 0.3) is 5.91 Å². The van der Waals surface area contributed by atoms with E-state index in [4.69, 9.17) is 9.47 Å². The molecule has 3 aromatic rings. The van der Waals surface area contributed by atoms with Crippen LogP contribution < -0.4 is 5.32 Å². The molecule has 0 bridgehead atoms. The Labute approximate surface area is 203 Å². The van der Waals surface area contributed by atoms with E-state index >= 15 is 0 Å². The minimum atomic E-state index is -1.00. The highest BCUT2D eigenvalue weighted by Gasteiger charge is 2.27. The molecule has 8 heteroatoms. The van der Waals surface area contributed by atoms with E-state index in [-0.39, 0.29) is 18.7 Å². The van der Waals surface area contributed by atoms with Crippen molar-refractivity contribution in [2.75, 3.05) is 13.2 Å². The van der Waals surface area contributed by atoms with Gasteiger partial charge in [-0.15, -0.1) is 0 Å². The molecule has 2 N–H and O–H groups in total. The third-order valence-electron chi connectivity index (χ3n) is 5.45. The van der Waals surface area contributed by atoms with Crippen LogP contribution in [0.3, 0.4) is 0 Å². The molecule has 0 saturated heterocycles. The lowest BCUT2D eigenvalue weighted by molar-refractivity contribution is -0.144. The maximum Gasteiger partial charge on any atom is 0.340 e. The molecule has 0 aliphatic rings. The van der Waals surface area contributed by atoms with Crippen molar-refractivity contribution >= 4 is 23.6 Å². The third-order valence-corrected chi connectivity index (χ3v) is 5.45. The number of hydrogen-bond donors (Lipinski definition) is 2. The second-order valence-electron chi connectivity index (χ2n) is 7.96. The first kappa shape index (κ1) is 25.4. The van der Waals surface area contributed by atoms with E-state index in [1.807, 2.05) is 30.3 Å². The summed E-state index contributed by atoms with van der Waals surface area (Å²) in [6, 6.07) is 16.7. The predicted octanol–water partition coefficient (Wildman–Crippen LogP) is 3.58. The molecule has 1 amide bonds. The highest BCUT2D eigenvalue weighted by molar-refractivity contribution is 6.03. The molecule has 3 rings (SSSR count). The molecule has 0 spiro atoms. The fourth-order valence-corrected chi connectivity index (χ4v) is 3.72. The lowest BCUT2D eigenvalue weighted by atomic mass is 10.1. The second kappa shape index (κ2) is 11.8. The Bertz CT molecular complexity index is 1200. The van der Waals surface area contributed by atoms with Crippen LogP contribution in [0.1, 0.15) is 54.9 Å². The van der Waals surface area contributed by atoms with Gasteiger partial charge in [0.05, 0.1) is 17.9 Å². The summed E-state index contributed by atoms with van der Waals surface area (Å²) in [4.78, 5) is 53.5. The number of amides is 1. The normalized spacial score (nSPS) is 11.4. The van der Waals surface area contributed by atoms with E-state index in [2.05, 4.69) is 10.3 Å². The average Bonchev–Trinajstić information content (AvgIpc) is 3.17. The zero-order valence-corrected chi connectivity index (χ0v) is 19.9. The second-order valence-corrected chi connectivity index (χ2v) is 7.96. The number of aryl methyl sites for hydroxylation is 1. The van der Waals surface area contributed by atoms with Gasteiger partial charge in [-0.25, -0.2) is 9.59 Å². The smallest absolute Gasteiger partial charge is 0.340 e. The zero-order valence-electron chi connectivity index (χ0n) is 19.9. The van der Waals surface area contributed by atoms with Crippen LogP contribution in [0.15, 0.2) is 60.7 Å². The number of carbonyl (C=O) groups is 4. The highest BCUT2D eigenvalue weighted by Crippen LogP contribution is 2.20. The molecule has 0 fully saturated rings. The van der Waals surface area contributed by atoms with Gasteiger partial charge in [0, 0.05) is 17.7 Å². The van der Waals surface area contributed by atoms with E-state index in [0.29, 0.717) is 22.4 Å².